The van der Waals surface area contributed by atoms with Crippen molar-refractivity contribution in [2.24, 2.45) is 0 Å². The molecule has 1 unspecified atom stereocenters. The lowest BCUT2D eigenvalue weighted by Crippen LogP contribution is -2.19. The summed E-state index contributed by atoms with van der Waals surface area (Å²) >= 11 is 0. The molecule has 3 nitrogen and oxygen atoms in total. The molecule has 0 radical (unpaired) electrons. The molecular formula is C17H20FNO2. The van der Waals surface area contributed by atoms with Crippen LogP contribution in [0.5, 0.6) is 11.5 Å². The average molecular weight is 289 g/mol. The Hall–Kier alpha value is -1.91. The smallest absolute Gasteiger partial charge is 0.135 e. The highest BCUT2D eigenvalue weighted by atomic mass is 19.1. The lowest BCUT2D eigenvalue weighted by Gasteiger charge is -2.18. The number of benzene rings is 2. The van der Waals surface area contributed by atoms with Gasteiger partial charge in [0.15, 0.2) is 0 Å². The Labute approximate surface area is 124 Å². The number of aliphatic hydroxyl groups excluding tert-OH is 1. The van der Waals surface area contributed by atoms with Crippen molar-refractivity contribution in [2.45, 2.75) is 26.5 Å². The van der Waals surface area contributed by atoms with Gasteiger partial charge in [-0.3, -0.25) is 0 Å². The van der Waals surface area contributed by atoms with Crippen LogP contribution >= 0.6 is 0 Å². The summed E-state index contributed by atoms with van der Waals surface area (Å²) in [6.45, 7) is 4.57. The second kappa shape index (κ2) is 7.20. The van der Waals surface area contributed by atoms with E-state index < -0.39 is 0 Å². The van der Waals surface area contributed by atoms with Gasteiger partial charge in [0.2, 0.25) is 0 Å². The molecule has 2 aromatic carbocycles. The molecule has 2 aromatic rings. The van der Waals surface area contributed by atoms with Crippen LogP contribution in [0, 0.1) is 5.82 Å². The van der Waals surface area contributed by atoms with E-state index in [2.05, 4.69) is 5.32 Å². The average Bonchev–Trinajstić information content (AvgIpc) is 2.47. The summed E-state index contributed by atoms with van der Waals surface area (Å²) in [6, 6.07) is 11.8. The van der Waals surface area contributed by atoms with Crippen molar-refractivity contribution in [1.29, 1.82) is 0 Å². The quantitative estimate of drug-likeness (QED) is 0.850. The Balaban J connectivity index is 2.32. The third kappa shape index (κ3) is 3.80. The van der Waals surface area contributed by atoms with Crippen LogP contribution in [-0.2, 0) is 6.61 Å². The highest BCUT2D eigenvalue weighted by molar-refractivity contribution is 5.41. The largest absolute Gasteiger partial charge is 0.457 e. The topological polar surface area (TPSA) is 41.5 Å². The Kier molecular flexibility index (Phi) is 5.31. The van der Waals surface area contributed by atoms with Crippen molar-refractivity contribution in [3.8, 4) is 11.5 Å². The fourth-order valence-electron chi connectivity index (χ4n) is 2.27. The third-order valence-electron chi connectivity index (χ3n) is 3.27. The zero-order valence-electron chi connectivity index (χ0n) is 12.3. The van der Waals surface area contributed by atoms with E-state index in [0.717, 1.165) is 12.1 Å². The van der Waals surface area contributed by atoms with Crippen LogP contribution in [0.4, 0.5) is 4.39 Å². The maximum absolute atomic E-state index is 14.1. The minimum Gasteiger partial charge on any atom is -0.457 e. The third-order valence-corrected chi connectivity index (χ3v) is 3.27. The number of halogens is 1. The molecule has 1 atom stereocenters. The van der Waals surface area contributed by atoms with Gasteiger partial charge in [0.05, 0.1) is 6.61 Å². The molecule has 0 fully saturated rings. The Morgan fingerprint density at radius 1 is 1.24 bits per heavy atom. The van der Waals surface area contributed by atoms with Gasteiger partial charge in [-0.25, -0.2) is 4.39 Å². The van der Waals surface area contributed by atoms with E-state index in [4.69, 9.17) is 9.84 Å². The van der Waals surface area contributed by atoms with Crippen LogP contribution in [0.3, 0.4) is 0 Å². The molecule has 0 saturated heterocycles. The summed E-state index contributed by atoms with van der Waals surface area (Å²) in [6.07, 6.45) is 0. The number of nitrogens with one attached hydrogen (secondary N) is 1. The standard InChI is InChI=1S/C17H20FNO2/c1-3-19-12(2)17-15(18)8-5-9-16(17)21-14-7-4-6-13(10-14)11-20/h4-10,12,19-20H,3,11H2,1-2H3. The molecule has 0 aliphatic carbocycles. The Morgan fingerprint density at radius 2 is 2.00 bits per heavy atom. The zero-order chi connectivity index (χ0) is 15.2. The van der Waals surface area contributed by atoms with E-state index in [1.807, 2.05) is 13.8 Å². The number of rotatable bonds is 6. The summed E-state index contributed by atoms with van der Waals surface area (Å²) in [5.74, 6) is 0.773. The van der Waals surface area contributed by atoms with Gasteiger partial charge in [-0.15, -0.1) is 0 Å². The summed E-state index contributed by atoms with van der Waals surface area (Å²) in [5, 5.41) is 12.4. The van der Waals surface area contributed by atoms with E-state index in [1.54, 1.807) is 36.4 Å². The fraction of sp³-hybridized carbons (Fsp3) is 0.294. The van der Waals surface area contributed by atoms with Crippen molar-refractivity contribution in [3.05, 3.63) is 59.4 Å². The molecule has 0 aromatic heterocycles. The lowest BCUT2D eigenvalue weighted by molar-refractivity contribution is 0.281. The molecule has 2 N–H and O–H groups in total. The van der Waals surface area contributed by atoms with E-state index >= 15 is 0 Å². The molecule has 4 heteroatoms. The molecule has 0 amide bonds. The monoisotopic (exact) mass is 289 g/mol. The molecule has 0 heterocycles. The van der Waals surface area contributed by atoms with Crippen LogP contribution in [0.25, 0.3) is 0 Å². The van der Waals surface area contributed by atoms with E-state index in [-0.39, 0.29) is 18.5 Å². The van der Waals surface area contributed by atoms with E-state index in [9.17, 15) is 4.39 Å². The molecule has 0 spiro atoms. The van der Waals surface area contributed by atoms with Gasteiger partial charge in [-0.05, 0) is 43.3 Å². The molecule has 0 saturated carbocycles. The summed E-state index contributed by atoms with van der Waals surface area (Å²) < 4.78 is 19.9. The van der Waals surface area contributed by atoms with E-state index in [1.165, 1.54) is 6.07 Å². The number of ether oxygens (including phenoxy) is 1. The predicted octanol–water partition coefficient (Wildman–Crippen LogP) is 3.78. The highest BCUT2D eigenvalue weighted by Crippen LogP contribution is 2.32. The fourth-order valence-corrected chi connectivity index (χ4v) is 2.27. The normalized spacial score (nSPS) is 12.2. The van der Waals surface area contributed by atoms with Crippen LogP contribution in [0.2, 0.25) is 0 Å². The molecule has 0 bridgehead atoms. The first-order valence-electron chi connectivity index (χ1n) is 7.05. The van der Waals surface area contributed by atoms with Crippen LogP contribution in [0.1, 0.15) is 31.0 Å². The van der Waals surface area contributed by atoms with Gasteiger partial charge in [0, 0.05) is 11.6 Å². The summed E-state index contributed by atoms with van der Waals surface area (Å²) in [7, 11) is 0. The Morgan fingerprint density at radius 3 is 2.71 bits per heavy atom. The SMILES string of the molecule is CCNC(C)c1c(F)cccc1Oc1cccc(CO)c1. The van der Waals surface area contributed by atoms with Gasteiger partial charge < -0.3 is 15.2 Å². The zero-order valence-corrected chi connectivity index (χ0v) is 12.3. The second-order valence-electron chi connectivity index (χ2n) is 4.84. The highest BCUT2D eigenvalue weighted by Gasteiger charge is 2.16. The van der Waals surface area contributed by atoms with Gasteiger partial charge >= 0.3 is 0 Å². The van der Waals surface area contributed by atoms with Crippen molar-refractivity contribution < 1.29 is 14.2 Å². The van der Waals surface area contributed by atoms with E-state index in [0.29, 0.717) is 17.1 Å². The first-order valence-corrected chi connectivity index (χ1v) is 7.05. The van der Waals surface area contributed by atoms with Crippen LogP contribution in [0.15, 0.2) is 42.5 Å². The molecule has 0 aliphatic heterocycles. The molecular weight excluding hydrogens is 269 g/mol. The predicted molar refractivity (Wildman–Crippen MR) is 80.9 cm³/mol. The summed E-state index contributed by atoms with van der Waals surface area (Å²) in [5.41, 5.74) is 1.26. The Bertz CT molecular complexity index is 601. The number of hydrogen-bond acceptors (Lipinski definition) is 3. The number of aliphatic hydroxyl groups is 1. The minimum atomic E-state index is -0.292. The molecule has 112 valence electrons. The first-order chi connectivity index (χ1) is 10.2. The van der Waals surface area contributed by atoms with Gasteiger partial charge in [-0.2, -0.15) is 0 Å². The van der Waals surface area contributed by atoms with Crippen molar-refractivity contribution >= 4 is 0 Å². The molecule has 0 aliphatic rings. The van der Waals surface area contributed by atoms with Crippen LogP contribution < -0.4 is 10.1 Å². The lowest BCUT2D eigenvalue weighted by atomic mass is 10.1. The molecule has 21 heavy (non-hydrogen) atoms. The van der Waals surface area contributed by atoms with Gasteiger partial charge in [0.25, 0.3) is 0 Å². The second-order valence-corrected chi connectivity index (χ2v) is 4.84. The summed E-state index contributed by atoms with van der Waals surface area (Å²) in [4.78, 5) is 0. The molecule has 2 rings (SSSR count). The maximum Gasteiger partial charge on any atom is 0.135 e. The van der Waals surface area contributed by atoms with Crippen molar-refractivity contribution in [1.82, 2.24) is 5.32 Å². The van der Waals surface area contributed by atoms with Gasteiger partial charge in [0.1, 0.15) is 17.3 Å². The van der Waals surface area contributed by atoms with Gasteiger partial charge in [-0.1, -0.05) is 25.1 Å². The van der Waals surface area contributed by atoms with Crippen LogP contribution in [-0.4, -0.2) is 11.7 Å². The van der Waals surface area contributed by atoms with Crippen molar-refractivity contribution in [2.75, 3.05) is 6.54 Å². The maximum atomic E-state index is 14.1. The minimum absolute atomic E-state index is 0.0546. The number of hydrogen-bond donors (Lipinski definition) is 2. The van der Waals surface area contributed by atoms with Crippen molar-refractivity contribution in [3.63, 3.8) is 0 Å². The first kappa shape index (κ1) is 15.5.